The monoisotopic (exact) mass is 321 g/mol. The van der Waals surface area contributed by atoms with Gasteiger partial charge in [-0.05, 0) is 42.2 Å². The maximum Gasteiger partial charge on any atom is 0.247 e. The molecule has 0 aliphatic rings. The normalized spacial score (nSPS) is 10.5. The molecule has 5 heteroatoms. The molecule has 0 radical (unpaired) electrons. The van der Waals surface area contributed by atoms with E-state index in [9.17, 15) is 4.79 Å². The molecule has 122 valence electrons. The van der Waals surface area contributed by atoms with Crippen molar-refractivity contribution in [2.75, 3.05) is 5.32 Å². The van der Waals surface area contributed by atoms with Gasteiger partial charge in [-0.25, -0.2) is 0 Å². The minimum absolute atomic E-state index is 0.0164. The van der Waals surface area contributed by atoms with Gasteiger partial charge in [0.15, 0.2) is 0 Å². The van der Waals surface area contributed by atoms with E-state index in [1.165, 1.54) is 17.5 Å². The first-order valence-electron chi connectivity index (χ1n) is 7.99. The van der Waals surface area contributed by atoms with Gasteiger partial charge in [0.1, 0.15) is 0 Å². The summed E-state index contributed by atoms with van der Waals surface area (Å²) < 4.78 is 5.17. The van der Waals surface area contributed by atoms with E-state index in [1.807, 2.05) is 24.3 Å². The van der Waals surface area contributed by atoms with E-state index in [4.69, 9.17) is 4.42 Å². The van der Waals surface area contributed by atoms with Gasteiger partial charge in [0.25, 0.3) is 0 Å². The van der Waals surface area contributed by atoms with Crippen LogP contribution in [0.5, 0.6) is 0 Å². The molecule has 3 aromatic rings. The SMILES string of the molecule is CCc1ccc(CCC(=O)Nc2cccc(-c3nnco3)c2)cc1. The van der Waals surface area contributed by atoms with Crippen molar-refractivity contribution in [2.45, 2.75) is 26.2 Å². The number of carbonyl (C=O) groups excluding carboxylic acids is 1. The van der Waals surface area contributed by atoms with E-state index in [-0.39, 0.29) is 5.91 Å². The Hall–Kier alpha value is -2.95. The largest absolute Gasteiger partial charge is 0.423 e. The smallest absolute Gasteiger partial charge is 0.247 e. The van der Waals surface area contributed by atoms with Gasteiger partial charge < -0.3 is 9.73 Å². The van der Waals surface area contributed by atoms with Crippen molar-refractivity contribution in [1.82, 2.24) is 10.2 Å². The number of hydrogen-bond acceptors (Lipinski definition) is 4. The van der Waals surface area contributed by atoms with Gasteiger partial charge in [-0.15, -0.1) is 10.2 Å². The van der Waals surface area contributed by atoms with Gasteiger partial charge in [0.2, 0.25) is 18.2 Å². The van der Waals surface area contributed by atoms with Gasteiger partial charge in [0, 0.05) is 17.7 Å². The summed E-state index contributed by atoms with van der Waals surface area (Å²) in [6.45, 7) is 2.13. The van der Waals surface area contributed by atoms with Crippen LogP contribution in [-0.2, 0) is 17.6 Å². The second kappa shape index (κ2) is 7.55. The average molecular weight is 321 g/mol. The molecule has 0 spiro atoms. The van der Waals surface area contributed by atoms with Crippen molar-refractivity contribution in [2.24, 2.45) is 0 Å². The quantitative estimate of drug-likeness (QED) is 0.748. The third kappa shape index (κ3) is 4.07. The van der Waals surface area contributed by atoms with Crippen LogP contribution in [0.15, 0.2) is 59.3 Å². The minimum Gasteiger partial charge on any atom is -0.423 e. The number of aromatic nitrogens is 2. The number of nitrogens with zero attached hydrogens (tertiary/aromatic N) is 2. The zero-order valence-electron chi connectivity index (χ0n) is 13.5. The third-order valence-electron chi connectivity index (χ3n) is 3.83. The first-order valence-corrected chi connectivity index (χ1v) is 7.99. The Labute approximate surface area is 140 Å². The van der Waals surface area contributed by atoms with E-state index in [1.54, 1.807) is 0 Å². The lowest BCUT2D eigenvalue weighted by molar-refractivity contribution is -0.116. The molecule has 0 saturated heterocycles. The molecule has 2 aromatic carbocycles. The number of aryl methyl sites for hydroxylation is 2. The average Bonchev–Trinajstić information content (AvgIpc) is 3.15. The number of benzene rings is 2. The van der Waals surface area contributed by atoms with E-state index in [0.29, 0.717) is 12.3 Å². The maximum absolute atomic E-state index is 12.1. The van der Waals surface area contributed by atoms with Crippen molar-refractivity contribution in [3.63, 3.8) is 0 Å². The van der Waals surface area contributed by atoms with E-state index >= 15 is 0 Å². The van der Waals surface area contributed by atoms with Gasteiger partial charge in [-0.3, -0.25) is 4.79 Å². The summed E-state index contributed by atoms with van der Waals surface area (Å²) in [5.41, 5.74) is 3.97. The summed E-state index contributed by atoms with van der Waals surface area (Å²) in [7, 11) is 0. The van der Waals surface area contributed by atoms with Gasteiger partial charge in [0.05, 0.1) is 0 Å². The predicted octanol–water partition coefficient (Wildman–Crippen LogP) is 3.87. The van der Waals surface area contributed by atoms with Crippen molar-refractivity contribution >= 4 is 11.6 Å². The second-order valence-corrected chi connectivity index (χ2v) is 5.54. The summed E-state index contributed by atoms with van der Waals surface area (Å²) in [6, 6.07) is 15.8. The lowest BCUT2D eigenvalue weighted by atomic mass is 10.1. The van der Waals surface area contributed by atoms with Crippen LogP contribution in [0.25, 0.3) is 11.5 Å². The molecule has 1 N–H and O–H groups in total. The Morgan fingerprint density at radius 1 is 1.12 bits per heavy atom. The Bertz CT molecular complexity index is 796. The Balaban J connectivity index is 1.57. The van der Waals surface area contributed by atoms with Gasteiger partial charge in [-0.2, -0.15) is 0 Å². The highest BCUT2D eigenvalue weighted by Gasteiger charge is 2.07. The lowest BCUT2D eigenvalue weighted by Crippen LogP contribution is -2.12. The molecule has 5 nitrogen and oxygen atoms in total. The van der Waals surface area contributed by atoms with Crippen LogP contribution in [0, 0.1) is 0 Å². The number of amides is 1. The molecule has 0 bridgehead atoms. The predicted molar refractivity (Wildman–Crippen MR) is 92.5 cm³/mol. The molecular formula is C19H19N3O2. The number of anilines is 1. The molecule has 0 aliphatic heterocycles. The highest BCUT2D eigenvalue weighted by Crippen LogP contribution is 2.20. The molecule has 0 unspecified atom stereocenters. The first-order chi connectivity index (χ1) is 11.7. The number of carbonyl (C=O) groups is 1. The summed E-state index contributed by atoms with van der Waals surface area (Å²) >= 11 is 0. The Kier molecular flexibility index (Phi) is 5.01. The lowest BCUT2D eigenvalue weighted by Gasteiger charge is -2.07. The summed E-state index contributed by atoms with van der Waals surface area (Å²) in [5.74, 6) is 0.416. The Morgan fingerprint density at radius 3 is 2.62 bits per heavy atom. The summed E-state index contributed by atoms with van der Waals surface area (Å²) in [4.78, 5) is 12.1. The molecular weight excluding hydrogens is 302 g/mol. The van der Waals surface area contributed by atoms with Crippen LogP contribution < -0.4 is 5.32 Å². The van der Waals surface area contributed by atoms with E-state index in [2.05, 4.69) is 46.7 Å². The molecule has 0 aliphatic carbocycles. The zero-order valence-corrected chi connectivity index (χ0v) is 13.5. The number of rotatable bonds is 6. The van der Waals surface area contributed by atoms with Crippen molar-refractivity contribution in [3.05, 3.63) is 66.1 Å². The third-order valence-corrected chi connectivity index (χ3v) is 3.83. The molecule has 24 heavy (non-hydrogen) atoms. The molecule has 0 saturated carbocycles. The van der Waals surface area contributed by atoms with Crippen LogP contribution in [0.3, 0.4) is 0 Å². The highest BCUT2D eigenvalue weighted by molar-refractivity contribution is 5.91. The number of nitrogens with one attached hydrogen (secondary N) is 1. The number of hydrogen-bond donors (Lipinski definition) is 1. The fourth-order valence-corrected chi connectivity index (χ4v) is 2.45. The highest BCUT2D eigenvalue weighted by atomic mass is 16.4. The van der Waals surface area contributed by atoms with E-state index < -0.39 is 0 Å². The van der Waals surface area contributed by atoms with Gasteiger partial charge >= 0.3 is 0 Å². The molecule has 3 rings (SSSR count). The molecule has 1 amide bonds. The minimum atomic E-state index is -0.0164. The van der Waals surface area contributed by atoms with Crippen LogP contribution in [0.4, 0.5) is 5.69 Å². The van der Waals surface area contributed by atoms with Crippen LogP contribution in [0.2, 0.25) is 0 Å². The summed E-state index contributed by atoms with van der Waals surface area (Å²) in [5, 5.41) is 10.4. The molecule has 0 fully saturated rings. The molecule has 0 atom stereocenters. The van der Waals surface area contributed by atoms with Gasteiger partial charge in [-0.1, -0.05) is 37.3 Å². The second-order valence-electron chi connectivity index (χ2n) is 5.54. The van der Waals surface area contributed by atoms with Crippen molar-refractivity contribution in [3.8, 4) is 11.5 Å². The summed E-state index contributed by atoms with van der Waals surface area (Å²) in [6.07, 6.45) is 3.47. The Morgan fingerprint density at radius 2 is 1.92 bits per heavy atom. The van der Waals surface area contributed by atoms with Crippen molar-refractivity contribution < 1.29 is 9.21 Å². The molecule has 1 heterocycles. The fourth-order valence-electron chi connectivity index (χ4n) is 2.45. The maximum atomic E-state index is 12.1. The molecule has 1 aromatic heterocycles. The van der Waals surface area contributed by atoms with Crippen LogP contribution in [-0.4, -0.2) is 16.1 Å². The van der Waals surface area contributed by atoms with Crippen LogP contribution >= 0.6 is 0 Å². The first kappa shape index (κ1) is 15.9. The standard InChI is InChI=1S/C19H19N3O2/c1-2-14-6-8-15(9-7-14)10-11-18(23)21-17-5-3-4-16(12-17)19-22-20-13-24-19/h3-9,12-13H,2,10-11H2,1H3,(H,21,23). The van der Waals surface area contributed by atoms with E-state index in [0.717, 1.165) is 24.1 Å². The van der Waals surface area contributed by atoms with Crippen molar-refractivity contribution in [1.29, 1.82) is 0 Å². The topological polar surface area (TPSA) is 68.0 Å². The zero-order chi connectivity index (χ0) is 16.8. The van der Waals surface area contributed by atoms with Crippen LogP contribution in [0.1, 0.15) is 24.5 Å². The fraction of sp³-hybridized carbons (Fsp3) is 0.211.